The van der Waals surface area contributed by atoms with Gasteiger partial charge in [-0.2, -0.15) is 9.61 Å². The molecule has 154 valence electrons. The Morgan fingerprint density at radius 3 is 2.71 bits per heavy atom. The highest BCUT2D eigenvalue weighted by Gasteiger charge is 2.18. The minimum Gasteiger partial charge on any atom is -0.451 e. The van der Waals surface area contributed by atoms with Gasteiger partial charge >= 0.3 is 0 Å². The predicted octanol–water partition coefficient (Wildman–Crippen LogP) is 5.98. The number of benzene rings is 2. The van der Waals surface area contributed by atoms with Crippen LogP contribution >= 0.6 is 34.5 Å². The number of halogens is 2. The Morgan fingerprint density at radius 2 is 1.90 bits per heavy atom. The van der Waals surface area contributed by atoms with E-state index in [1.807, 2.05) is 31.2 Å². The second kappa shape index (κ2) is 7.81. The van der Waals surface area contributed by atoms with E-state index < -0.39 is 0 Å². The normalized spacial score (nSPS) is 11.2. The van der Waals surface area contributed by atoms with Crippen LogP contribution in [0.5, 0.6) is 0 Å². The summed E-state index contributed by atoms with van der Waals surface area (Å²) in [6.45, 7) is 1.83. The fourth-order valence-electron chi connectivity index (χ4n) is 3.08. The number of para-hydroxylation sites is 1. The Morgan fingerprint density at radius 1 is 1.06 bits per heavy atom. The van der Waals surface area contributed by atoms with Gasteiger partial charge in [0, 0.05) is 16.1 Å². The summed E-state index contributed by atoms with van der Waals surface area (Å²) in [5.74, 6) is 0.944. The molecule has 0 spiro atoms. The first-order valence-corrected chi connectivity index (χ1v) is 10.7. The average Bonchev–Trinajstić information content (AvgIpc) is 3.46. The van der Waals surface area contributed by atoms with Gasteiger partial charge in [0.25, 0.3) is 5.91 Å². The molecule has 1 N–H and O–H groups in total. The molecule has 31 heavy (non-hydrogen) atoms. The number of carbonyl (C=O) groups is 1. The summed E-state index contributed by atoms with van der Waals surface area (Å²) in [7, 11) is 0. The lowest BCUT2D eigenvalue weighted by atomic mass is 10.2. The van der Waals surface area contributed by atoms with Gasteiger partial charge in [0.2, 0.25) is 4.96 Å². The summed E-state index contributed by atoms with van der Waals surface area (Å²) in [5, 5.41) is 17.2. The van der Waals surface area contributed by atoms with E-state index in [0.717, 1.165) is 10.6 Å². The zero-order valence-corrected chi connectivity index (χ0v) is 18.3. The fraction of sp³-hybridized carbons (Fsp3) is 0.0476. The number of fused-ring (bicyclic) bond motifs is 1. The summed E-state index contributed by atoms with van der Waals surface area (Å²) in [5.41, 5.74) is 2.04. The van der Waals surface area contributed by atoms with Crippen LogP contribution in [0.15, 0.2) is 59.0 Å². The number of carbonyl (C=O) groups excluding carboxylic acids is 1. The lowest BCUT2D eigenvalue weighted by molar-refractivity contribution is 0.0997. The van der Waals surface area contributed by atoms with Gasteiger partial charge < -0.3 is 9.73 Å². The molecule has 1 amide bonds. The van der Waals surface area contributed by atoms with Gasteiger partial charge in [-0.1, -0.05) is 46.7 Å². The molecule has 0 unspecified atom stereocenters. The Bertz CT molecular complexity index is 1440. The van der Waals surface area contributed by atoms with E-state index >= 15 is 0 Å². The van der Waals surface area contributed by atoms with E-state index in [1.54, 1.807) is 34.8 Å². The second-order valence-corrected chi connectivity index (χ2v) is 8.44. The number of hydrogen-bond donors (Lipinski definition) is 1. The van der Waals surface area contributed by atoms with Crippen molar-refractivity contribution in [2.75, 3.05) is 5.32 Å². The summed E-state index contributed by atoms with van der Waals surface area (Å²) in [4.78, 5) is 13.5. The number of rotatable bonds is 4. The Kier molecular flexibility index (Phi) is 4.97. The molecule has 5 aromatic rings. The van der Waals surface area contributed by atoms with Crippen molar-refractivity contribution in [3.8, 4) is 21.9 Å². The van der Waals surface area contributed by atoms with Gasteiger partial charge in [0.15, 0.2) is 11.6 Å². The average molecular weight is 470 g/mol. The Balaban J connectivity index is 1.43. The van der Waals surface area contributed by atoms with Gasteiger partial charge in [-0.05, 0) is 49.4 Å². The summed E-state index contributed by atoms with van der Waals surface area (Å²) in [6.07, 6.45) is 0. The zero-order chi connectivity index (χ0) is 21.5. The van der Waals surface area contributed by atoms with Crippen LogP contribution in [0.3, 0.4) is 0 Å². The number of furan rings is 1. The first-order chi connectivity index (χ1) is 15.0. The number of hydrogen-bond acceptors (Lipinski definition) is 6. The lowest BCUT2D eigenvalue weighted by Crippen LogP contribution is -2.11. The standard InChI is InChI=1S/C21H13Cl2N5O2S/c1-11-25-26-21-28(11)27-20(31-21)14-4-2-3-5-16(14)24-19(29)18-9-8-17(30-18)13-7-6-12(22)10-15(13)23/h2-10H,1H3,(H,24,29). The fourth-order valence-corrected chi connectivity index (χ4v) is 4.51. The summed E-state index contributed by atoms with van der Waals surface area (Å²) in [6, 6.07) is 15.8. The Labute approximate surface area is 190 Å². The number of nitrogens with zero attached hydrogens (tertiary/aromatic N) is 4. The van der Waals surface area contributed by atoms with E-state index in [2.05, 4.69) is 20.6 Å². The van der Waals surface area contributed by atoms with Crippen molar-refractivity contribution in [2.45, 2.75) is 6.92 Å². The molecular formula is C21H13Cl2N5O2S. The molecule has 0 aliphatic carbocycles. The molecular weight excluding hydrogens is 457 g/mol. The molecule has 0 saturated heterocycles. The molecule has 0 atom stereocenters. The van der Waals surface area contributed by atoms with Crippen molar-refractivity contribution >= 4 is 51.1 Å². The van der Waals surface area contributed by atoms with Crippen LogP contribution in [0.1, 0.15) is 16.4 Å². The third-order valence-electron chi connectivity index (χ3n) is 4.58. The molecule has 3 heterocycles. The van der Waals surface area contributed by atoms with Gasteiger partial charge in [-0.15, -0.1) is 10.2 Å². The predicted molar refractivity (Wildman–Crippen MR) is 121 cm³/mol. The highest BCUT2D eigenvalue weighted by atomic mass is 35.5. The molecule has 5 rings (SSSR count). The van der Waals surface area contributed by atoms with E-state index in [4.69, 9.17) is 27.6 Å². The maximum absolute atomic E-state index is 12.9. The van der Waals surface area contributed by atoms with Crippen molar-refractivity contribution < 1.29 is 9.21 Å². The largest absolute Gasteiger partial charge is 0.451 e. The topological polar surface area (TPSA) is 85.3 Å². The third-order valence-corrected chi connectivity index (χ3v) is 6.06. The number of nitrogens with one attached hydrogen (secondary N) is 1. The van der Waals surface area contributed by atoms with Crippen molar-refractivity contribution in [3.63, 3.8) is 0 Å². The molecule has 0 fully saturated rings. The first kappa shape index (κ1) is 19.7. The van der Waals surface area contributed by atoms with Crippen LogP contribution in [0.2, 0.25) is 10.0 Å². The van der Waals surface area contributed by atoms with Crippen molar-refractivity contribution in [3.05, 3.63) is 76.2 Å². The van der Waals surface area contributed by atoms with Crippen LogP contribution in [0.25, 0.3) is 26.9 Å². The molecule has 0 saturated carbocycles. The molecule has 10 heteroatoms. The van der Waals surface area contributed by atoms with Crippen LogP contribution in [0, 0.1) is 6.92 Å². The molecule has 0 aliphatic heterocycles. The SMILES string of the molecule is Cc1nnc2sc(-c3ccccc3NC(=O)c3ccc(-c4ccc(Cl)cc4Cl)o3)nn12. The summed E-state index contributed by atoms with van der Waals surface area (Å²) < 4.78 is 7.42. The van der Waals surface area contributed by atoms with Gasteiger partial charge in [-0.25, -0.2) is 0 Å². The maximum atomic E-state index is 12.9. The minimum atomic E-state index is -0.386. The number of anilines is 1. The molecule has 3 aromatic heterocycles. The summed E-state index contributed by atoms with van der Waals surface area (Å²) >= 11 is 13.6. The van der Waals surface area contributed by atoms with Crippen LogP contribution in [0.4, 0.5) is 5.69 Å². The molecule has 2 aromatic carbocycles. The van der Waals surface area contributed by atoms with Crippen molar-refractivity contribution in [1.29, 1.82) is 0 Å². The second-order valence-electron chi connectivity index (χ2n) is 6.64. The molecule has 0 bridgehead atoms. The smallest absolute Gasteiger partial charge is 0.291 e. The lowest BCUT2D eigenvalue weighted by Gasteiger charge is -2.08. The van der Waals surface area contributed by atoms with Crippen LogP contribution in [-0.2, 0) is 0 Å². The van der Waals surface area contributed by atoms with Gasteiger partial charge in [0.1, 0.15) is 10.8 Å². The highest BCUT2D eigenvalue weighted by Crippen LogP contribution is 2.33. The molecule has 7 nitrogen and oxygen atoms in total. The van der Waals surface area contributed by atoms with E-state index in [9.17, 15) is 4.79 Å². The quantitative estimate of drug-likeness (QED) is 0.349. The highest BCUT2D eigenvalue weighted by molar-refractivity contribution is 7.19. The van der Waals surface area contributed by atoms with Crippen LogP contribution < -0.4 is 5.32 Å². The third kappa shape index (κ3) is 3.69. The van der Waals surface area contributed by atoms with Crippen molar-refractivity contribution in [1.82, 2.24) is 19.8 Å². The van der Waals surface area contributed by atoms with E-state index in [-0.39, 0.29) is 11.7 Å². The van der Waals surface area contributed by atoms with E-state index in [0.29, 0.717) is 37.8 Å². The number of aryl methyl sites for hydroxylation is 1. The Hall–Kier alpha value is -3.20. The minimum absolute atomic E-state index is 0.157. The molecule has 0 aliphatic rings. The number of aromatic nitrogens is 4. The van der Waals surface area contributed by atoms with Crippen LogP contribution in [-0.4, -0.2) is 25.7 Å². The maximum Gasteiger partial charge on any atom is 0.291 e. The van der Waals surface area contributed by atoms with Gasteiger partial charge in [-0.3, -0.25) is 4.79 Å². The van der Waals surface area contributed by atoms with Crippen molar-refractivity contribution in [2.24, 2.45) is 0 Å². The van der Waals surface area contributed by atoms with E-state index in [1.165, 1.54) is 11.3 Å². The monoisotopic (exact) mass is 469 g/mol. The molecule has 0 radical (unpaired) electrons. The number of amides is 1. The first-order valence-electron chi connectivity index (χ1n) is 9.14. The zero-order valence-electron chi connectivity index (χ0n) is 16.0. The van der Waals surface area contributed by atoms with Gasteiger partial charge in [0.05, 0.1) is 10.7 Å².